The van der Waals surface area contributed by atoms with Gasteiger partial charge in [-0.1, -0.05) is 228 Å². The van der Waals surface area contributed by atoms with E-state index in [1.165, 1.54) is 161 Å². The Kier molecular flexibility index (Phi) is 52.2. The molecule has 0 rings (SSSR count). The average molecular weight is 946 g/mol. The minimum atomic E-state index is -4.29. The van der Waals surface area contributed by atoms with Crippen LogP contribution < -0.4 is 5.73 Å². The predicted molar refractivity (Wildman–Crippen MR) is 284 cm³/mol. The number of carbonyl (C=O) groups excluding carboxylic acids is 1. The van der Waals surface area contributed by atoms with Crippen LogP contribution in [-0.2, 0) is 27.9 Å². The molecular formula is C57H104NO7P. The number of esters is 1. The summed E-state index contributed by atoms with van der Waals surface area (Å²) in [7, 11) is -4.29. The van der Waals surface area contributed by atoms with Crippen LogP contribution >= 0.6 is 7.82 Å². The van der Waals surface area contributed by atoms with Gasteiger partial charge in [0.1, 0.15) is 6.10 Å². The van der Waals surface area contributed by atoms with Gasteiger partial charge in [0.2, 0.25) is 0 Å². The molecule has 0 bridgehead atoms. The third-order valence-electron chi connectivity index (χ3n) is 11.6. The zero-order valence-electron chi connectivity index (χ0n) is 42.9. The summed E-state index contributed by atoms with van der Waals surface area (Å²) in [6.07, 6.45) is 69.4. The second-order valence-electron chi connectivity index (χ2n) is 18.1. The molecule has 0 aromatic rings. The van der Waals surface area contributed by atoms with Crippen molar-refractivity contribution in [2.75, 3.05) is 33.0 Å². The summed E-state index contributed by atoms with van der Waals surface area (Å²) in [5.74, 6) is -0.333. The van der Waals surface area contributed by atoms with Gasteiger partial charge in [-0.2, -0.15) is 0 Å². The second-order valence-corrected chi connectivity index (χ2v) is 19.5. The van der Waals surface area contributed by atoms with E-state index in [1.54, 1.807) is 0 Å². The fraction of sp³-hybridized carbons (Fsp3) is 0.772. The highest BCUT2D eigenvalue weighted by atomic mass is 31.2. The molecule has 9 heteroatoms. The van der Waals surface area contributed by atoms with E-state index in [9.17, 15) is 14.3 Å². The molecule has 384 valence electrons. The molecule has 0 aromatic carbocycles. The first kappa shape index (κ1) is 63.9. The Hall–Kier alpha value is -2.06. The van der Waals surface area contributed by atoms with Crippen LogP contribution in [0, 0.1) is 0 Å². The molecule has 0 saturated heterocycles. The molecule has 0 aliphatic carbocycles. The van der Waals surface area contributed by atoms with E-state index in [4.69, 9.17) is 24.3 Å². The summed E-state index contributed by atoms with van der Waals surface area (Å²) in [5.41, 5.74) is 5.40. The maximum absolute atomic E-state index is 12.7. The lowest BCUT2D eigenvalue weighted by molar-refractivity contribution is -0.154. The standard InChI is InChI=1S/C57H104NO7P/c1-3-5-7-9-11-13-15-17-19-21-23-25-27-28-29-30-32-34-36-38-40-42-44-46-48-50-57(59)65-56(55-64-66(60,61)63-53-51-58)54-62-52-49-47-45-43-41-39-37-35-33-31-26-24-22-20-18-16-14-12-10-8-6-4-2/h5,7,11,13,16-19,22-25,56H,3-4,6,8-10,12,14-15,20-21,26-55,58H2,1-2H3,(H,60,61)/b7-5-,13-11-,18-16-,19-17-,24-22-,25-23-. The third-order valence-corrected chi connectivity index (χ3v) is 12.6. The van der Waals surface area contributed by atoms with Crippen molar-refractivity contribution in [3.8, 4) is 0 Å². The summed E-state index contributed by atoms with van der Waals surface area (Å²) < 4.78 is 33.7. The van der Waals surface area contributed by atoms with Crippen LogP contribution in [0.25, 0.3) is 0 Å². The van der Waals surface area contributed by atoms with Gasteiger partial charge in [-0.15, -0.1) is 0 Å². The third kappa shape index (κ3) is 52.9. The Morgan fingerprint density at radius 3 is 1.27 bits per heavy atom. The van der Waals surface area contributed by atoms with Gasteiger partial charge in [0.15, 0.2) is 0 Å². The Labute approximate surface area is 407 Å². The van der Waals surface area contributed by atoms with Gasteiger partial charge >= 0.3 is 13.8 Å². The molecule has 0 aromatic heterocycles. The van der Waals surface area contributed by atoms with Gasteiger partial charge < -0.3 is 20.1 Å². The van der Waals surface area contributed by atoms with Crippen LogP contribution in [0.2, 0.25) is 0 Å². The lowest BCUT2D eigenvalue weighted by atomic mass is 10.0. The van der Waals surface area contributed by atoms with Gasteiger partial charge in [-0.25, -0.2) is 4.57 Å². The zero-order valence-corrected chi connectivity index (χ0v) is 43.8. The molecular weight excluding hydrogens is 842 g/mol. The van der Waals surface area contributed by atoms with E-state index in [0.29, 0.717) is 13.0 Å². The van der Waals surface area contributed by atoms with Crippen LogP contribution in [-0.4, -0.2) is 49.9 Å². The normalized spacial score (nSPS) is 13.8. The number of allylic oxidation sites excluding steroid dienone is 12. The molecule has 0 aliphatic heterocycles. The van der Waals surface area contributed by atoms with Crippen molar-refractivity contribution in [3.63, 3.8) is 0 Å². The van der Waals surface area contributed by atoms with Crippen LogP contribution in [0.3, 0.4) is 0 Å². The van der Waals surface area contributed by atoms with Crippen LogP contribution in [0.4, 0.5) is 0 Å². The molecule has 3 N–H and O–H groups in total. The van der Waals surface area contributed by atoms with Gasteiger partial charge in [0.25, 0.3) is 0 Å². The molecule has 0 radical (unpaired) electrons. The van der Waals surface area contributed by atoms with E-state index in [-0.39, 0.29) is 32.3 Å². The summed E-state index contributed by atoms with van der Waals surface area (Å²) in [4.78, 5) is 22.7. The minimum absolute atomic E-state index is 0.0973. The Bertz CT molecular complexity index is 1250. The quantitative estimate of drug-likeness (QED) is 0.0268. The van der Waals surface area contributed by atoms with Crippen LogP contribution in [0.1, 0.15) is 245 Å². The molecule has 0 amide bonds. The second kappa shape index (κ2) is 53.9. The summed E-state index contributed by atoms with van der Waals surface area (Å²) in [5, 5.41) is 0. The SMILES string of the molecule is CC/C=C\C/C=C\C/C=C\C/C=C\CCCCCCCCCCCCCCC(=O)OC(COCCCCCCCCCCCC/C=C\C/C=C\CCCCCCC)COP(=O)(O)OCCN. The number of hydrogen-bond acceptors (Lipinski definition) is 7. The number of hydrogen-bond donors (Lipinski definition) is 2. The fourth-order valence-electron chi connectivity index (χ4n) is 7.61. The van der Waals surface area contributed by atoms with E-state index in [1.807, 2.05) is 0 Å². The first-order valence-corrected chi connectivity index (χ1v) is 28.9. The first-order valence-electron chi connectivity index (χ1n) is 27.4. The minimum Gasteiger partial charge on any atom is -0.457 e. The molecule has 8 nitrogen and oxygen atoms in total. The van der Waals surface area contributed by atoms with Crippen molar-refractivity contribution < 1.29 is 32.8 Å². The Balaban J connectivity index is 3.92. The van der Waals surface area contributed by atoms with Crippen molar-refractivity contribution in [1.82, 2.24) is 0 Å². The monoisotopic (exact) mass is 946 g/mol. The van der Waals surface area contributed by atoms with Gasteiger partial charge in [-0.3, -0.25) is 13.8 Å². The van der Waals surface area contributed by atoms with Crippen molar-refractivity contribution >= 4 is 13.8 Å². The van der Waals surface area contributed by atoms with Crippen molar-refractivity contribution in [3.05, 3.63) is 72.9 Å². The van der Waals surface area contributed by atoms with Crippen LogP contribution in [0.5, 0.6) is 0 Å². The average Bonchev–Trinajstić information content (AvgIpc) is 3.31. The van der Waals surface area contributed by atoms with Gasteiger partial charge in [-0.05, 0) is 83.5 Å². The topological polar surface area (TPSA) is 117 Å². The van der Waals surface area contributed by atoms with Gasteiger partial charge in [0, 0.05) is 19.6 Å². The number of rotatable bonds is 52. The molecule has 0 spiro atoms. The van der Waals surface area contributed by atoms with Crippen molar-refractivity contribution in [1.29, 1.82) is 0 Å². The molecule has 0 saturated carbocycles. The van der Waals surface area contributed by atoms with E-state index in [0.717, 1.165) is 64.2 Å². The molecule has 66 heavy (non-hydrogen) atoms. The van der Waals surface area contributed by atoms with Gasteiger partial charge in [0.05, 0.1) is 19.8 Å². The smallest absolute Gasteiger partial charge is 0.457 e. The molecule has 0 fully saturated rings. The number of unbranched alkanes of at least 4 members (excludes halogenated alkanes) is 27. The summed E-state index contributed by atoms with van der Waals surface area (Å²) >= 11 is 0. The van der Waals surface area contributed by atoms with Crippen LogP contribution in [0.15, 0.2) is 72.9 Å². The summed E-state index contributed by atoms with van der Waals surface area (Å²) in [6, 6.07) is 0. The maximum Gasteiger partial charge on any atom is 0.472 e. The maximum atomic E-state index is 12.7. The van der Waals surface area contributed by atoms with Crippen molar-refractivity contribution in [2.45, 2.75) is 251 Å². The predicted octanol–water partition coefficient (Wildman–Crippen LogP) is 17.4. The highest BCUT2D eigenvalue weighted by Crippen LogP contribution is 2.43. The number of carbonyl (C=O) groups is 1. The fourth-order valence-corrected chi connectivity index (χ4v) is 8.37. The molecule has 2 unspecified atom stereocenters. The highest BCUT2D eigenvalue weighted by molar-refractivity contribution is 7.47. The Morgan fingerprint density at radius 1 is 0.470 bits per heavy atom. The van der Waals surface area contributed by atoms with E-state index >= 15 is 0 Å². The number of phosphoric acid groups is 1. The number of phosphoric ester groups is 1. The lowest BCUT2D eigenvalue weighted by Crippen LogP contribution is -2.28. The lowest BCUT2D eigenvalue weighted by Gasteiger charge is -2.20. The Morgan fingerprint density at radius 2 is 0.848 bits per heavy atom. The molecule has 0 heterocycles. The summed E-state index contributed by atoms with van der Waals surface area (Å²) in [6.45, 7) is 4.82. The first-order chi connectivity index (χ1) is 32.4. The zero-order chi connectivity index (χ0) is 48.0. The largest absolute Gasteiger partial charge is 0.472 e. The molecule has 2 atom stereocenters. The number of nitrogens with two attached hydrogens (primary N) is 1. The van der Waals surface area contributed by atoms with E-state index in [2.05, 4.69) is 86.8 Å². The van der Waals surface area contributed by atoms with Crippen molar-refractivity contribution in [2.24, 2.45) is 5.73 Å². The van der Waals surface area contributed by atoms with E-state index < -0.39 is 13.9 Å². The number of ether oxygens (including phenoxy) is 2. The molecule has 0 aliphatic rings. The highest BCUT2D eigenvalue weighted by Gasteiger charge is 2.25.